The Morgan fingerprint density at radius 3 is 2.10 bits per heavy atom. The highest BCUT2D eigenvalue weighted by Crippen LogP contribution is 2.19. The van der Waals surface area contributed by atoms with Gasteiger partial charge in [-0.3, -0.25) is 4.79 Å². The van der Waals surface area contributed by atoms with Crippen molar-refractivity contribution in [1.29, 1.82) is 0 Å². The molecule has 1 aliphatic rings. The molecule has 1 fully saturated rings. The number of hydrogen-bond donors (Lipinski definition) is 1. The van der Waals surface area contributed by atoms with Crippen molar-refractivity contribution in [2.45, 2.75) is 19.4 Å². The molecular formula is C5H8N2O3. The molecule has 0 unspecified atom stereocenters. The van der Waals surface area contributed by atoms with Crippen LogP contribution < -0.4 is 5.84 Å². The fraction of sp³-hybridized carbons (Fsp3) is 0.600. The van der Waals surface area contributed by atoms with Crippen molar-refractivity contribution >= 4 is 12.0 Å². The summed E-state index contributed by atoms with van der Waals surface area (Å²) in [5.41, 5.74) is -1.09. The molecule has 0 saturated carbocycles. The van der Waals surface area contributed by atoms with E-state index in [1.165, 1.54) is 13.8 Å². The fourth-order valence-electron chi connectivity index (χ4n) is 0.684. The Labute approximate surface area is 57.7 Å². The summed E-state index contributed by atoms with van der Waals surface area (Å²) in [5, 5.41) is 0.472. The number of carbonyl (C=O) groups excluding carboxylic acids is 2. The highest BCUT2D eigenvalue weighted by atomic mass is 16.6. The molecule has 56 valence electrons. The SMILES string of the molecule is CC1(C)OC(=O)N(N)C1=O. The van der Waals surface area contributed by atoms with E-state index in [0.717, 1.165) is 0 Å². The molecule has 0 aliphatic carbocycles. The lowest BCUT2D eigenvalue weighted by Crippen LogP contribution is -2.40. The molecule has 2 amide bonds. The first-order valence-corrected chi connectivity index (χ1v) is 2.77. The van der Waals surface area contributed by atoms with Crippen LogP contribution in [0.5, 0.6) is 0 Å². The normalized spacial score (nSPS) is 23.3. The molecule has 5 nitrogen and oxygen atoms in total. The monoisotopic (exact) mass is 144 g/mol. The van der Waals surface area contributed by atoms with Gasteiger partial charge in [0.25, 0.3) is 5.91 Å². The zero-order valence-electron chi connectivity index (χ0n) is 5.75. The van der Waals surface area contributed by atoms with Crippen molar-refractivity contribution in [3.8, 4) is 0 Å². The summed E-state index contributed by atoms with van der Waals surface area (Å²) in [5.74, 6) is 4.49. The van der Waals surface area contributed by atoms with Crippen LogP contribution in [0.15, 0.2) is 0 Å². The summed E-state index contributed by atoms with van der Waals surface area (Å²) in [6, 6.07) is 0. The lowest BCUT2D eigenvalue weighted by Gasteiger charge is -2.10. The molecule has 0 bridgehead atoms. The van der Waals surface area contributed by atoms with Gasteiger partial charge in [-0.25, -0.2) is 10.6 Å². The van der Waals surface area contributed by atoms with Crippen LogP contribution >= 0.6 is 0 Å². The van der Waals surface area contributed by atoms with Crippen LogP contribution in [0.4, 0.5) is 4.79 Å². The van der Waals surface area contributed by atoms with Crippen LogP contribution in [0, 0.1) is 0 Å². The average Bonchev–Trinajstić information content (AvgIpc) is 1.95. The van der Waals surface area contributed by atoms with Gasteiger partial charge in [-0.15, -0.1) is 0 Å². The van der Waals surface area contributed by atoms with E-state index in [0.29, 0.717) is 5.01 Å². The molecule has 2 N–H and O–H groups in total. The Bertz CT molecular complexity index is 199. The quantitative estimate of drug-likeness (QED) is 0.371. The first-order valence-electron chi connectivity index (χ1n) is 2.77. The third-order valence-electron chi connectivity index (χ3n) is 1.27. The molecule has 1 heterocycles. The van der Waals surface area contributed by atoms with Gasteiger partial charge in [0, 0.05) is 0 Å². The number of nitrogens with zero attached hydrogens (tertiary/aromatic N) is 1. The lowest BCUT2D eigenvalue weighted by atomic mass is 10.1. The minimum Gasteiger partial charge on any atom is -0.432 e. The van der Waals surface area contributed by atoms with Crippen LogP contribution in [0.25, 0.3) is 0 Å². The Morgan fingerprint density at radius 1 is 1.50 bits per heavy atom. The molecule has 0 aromatic rings. The average molecular weight is 144 g/mol. The molecule has 1 aliphatic heterocycles. The minimum absolute atomic E-state index is 0.472. The van der Waals surface area contributed by atoms with Crippen LogP contribution in [-0.2, 0) is 9.53 Å². The van der Waals surface area contributed by atoms with Crippen molar-refractivity contribution < 1.29 is 14.3 Å². The van der Waals surface area contributed by atoms with Gasteiger partial charge in [0.2, 0.25) is 0 Å². The van der Waals surface area contributed by atoms with Gasteiger partial charge in [-0.1, -0.05) is 0 Å². The van der Waals surface area contributed by atoms with Gasteiger partial charge < -0.3 is 4.74 Å². The van der Waals surface area contributed by atoms with Gasteiger partial charge >= 0.3 is 6.09 Å². The van der Waals surface area contributed by atoms with E-state index in [2.05, 4.69) is 4.74 Å². The van der Waals surface area contributed by atoms with E-state index < -0.39 is 17.6 Å². The smallest absolute Gasteiger partial charge is 0.432 e. The summed E-state index contributed by atoms with van der Waals surface area (Å²) in [6.07, 6.45) is -0.796. The van der Waals surface area contributed by atoms with Crippen molar-refractivity contribution in [2.75, 3.05) is 0 Å². The van der Waals surface area contributed by atoms with Crippen LogP contribution in [0.2, 0.25) is 0 Å². The number of imide groups is 1. The molecule has 0 spiro atoms. The Kier molecular flexibility index (Phi) is 1.19. The van der Waals surface area contributed by atoms with Gasteiger partial charge in [-0.2, -0.15) is 5.01 Å². The largest absolute Gasteiger partial charge is 0.432 e. The maximum absolute atomic E-state index is 10.9. The second-order valence-electron chi connectivity index (χ2n) is 2.55. The molecule has 0 atom stereocenters. The van der Waals surface area contributed by atoms with E-state index in [9.17, 15) is 9.59 Å². The molecular weight excluding hydrogens is 136 g/mol. The lowest BCUT2D eigenvalue weighted by molar-refractivity contribution is -0.134. The first-order chi connectivity index (χ1) is 4.45. The number of ether oxygens (including phenoxy) is 1. The van der Waals surface area contributed by atoms with Gasteiger partial charge in [-0.05, 0) is 13.8 Å². The van der Waals surface area contributed by atoms with E-state index in [4.69, 9.17) is 5.84 Å². The highest BCUT2D eigenvalue weighted by molar-refractivity contribution is 6.01. The molecule has 1 saturated heterocycles. The predicted octanol–water partition coefficient (Wildman–Crippen LogP) is -0.383. The predicted molar refractivity (Wildman–Crippen MR) is 31.6 cm³/mol. The van der Waals surface area contributed by atoms with Crippen molar-refractivity contribution in [2.24, 2.45) is 5.84 Å². The van der Waals surface area contributed by atoms with E-state index >= 15 is 0 Å². The fourth-order valence-corrected chi connectivity index (χ4v) is 0.684. The van der Waals surface area contributed by atoms with Crippen molar-refractivity contribution in [3.05, 3.63) is 0 Å². The molecule has 0 aromatic carbocycles. The van der Waals surface area contributed by atoms with Gasteiger partial charge in [0.05, 0.1) is 0 Å². The van der Waals surface area contributed by atoms with E-state index in [1.54, 1.807) is 0 Å². The topological polar surface area (TPSA) is 72.6 Å². The van der Waals surface area contributed by atoms with Crippen LogP contribution in [0.1, 0.15) is 13.8 Å². The van der Waals surface area contributed by atoms with Gasteiger partial charge in [0.15, 0.2) is 5.60 Å². The second kappa shape index (κ2) is 1.69. The maximum atomic E-state index is 10.9. The standard InChI is InChI=1S/C5H8N2O3/c1-5(2)3(8)7(6)4(9)10-5/h6H2,1-2H3. The Morgan fingerprint density at radius 2 is 2.00 bits per heavy atom. The number of amides is 2. The van der Waals surface area contributed by atoms with E-state index in [1.807, 2.05) is 0 Å². The Balaban J connectivity index is 2.92. The number of rotatable bonds is 0. The molecule has 0 radical (unpaired) electrons. The minimum atomic E-state index is -1.09. The summed E-state index contributed by atoms with van der Waals surface area (Å²) >= 11 is 0. The highest BCUT2D eigenvalue weighted by Gasteiger charge is 2.45. The third-order valence-corrected chi connectivity index (χ3v) is 1.27. The molecule has 1 rings (SSSR count). The number of carbonyl (C=O) groups is 2. The van der Waals surface area contributed by atoms with Crippen molar-refractivity contribution in [3.63, 3.8) is 0 Å². The number of nitrogens with two attached hydrogens (primary N) is 1. The van der Waals surface area contributed by atoms with Crippen LogP contribution in [0.3, 0.4) is 0 Å². The molecule has 0 aromatic heterocycles. The number of cyclic esters (lactones) is 1. The summed E-state index contributed by atoms with van der Waals surface area (Å²) in [7, 11) is 0. The zero-order chi connectivity index (χ0) is 7.94. The third kappa shape index (κ3) is 0.750. The van der Waals surface area contributed by atoms with Crippen molar-refractivity contribution in [1.82, 2.24) is 5.01 Å². The summed E-state index contributed by atoms with van der Waals surface area (Å²) < 4.78 is 4.59. The summed E-state index contributed by atoms with van der Waals surface area (Å²) in [4.78, 5) is 21.5. The zero-order valence-corrected chi connectivity index (χ0v) is 5.75. The van der Waals surface area contributed by atoms with Gasteiger partial charge in [0.1, 0.15) is 0 Å². The molecule has 5 heteroatoms. The maximum Gasteiger partial charge on any atom is 0.432 e. The molecule has 10 heavy (non-hydrogen) atoms. The van der Waals surface area contributed by atoms with E-state index in [-0.39, 0.29) is 0 Å². The number of hydrogen-bond acceptors (Lipinski definition) is 4. The summed E-state index contributed by atoms with van der Waals surface area (Å²) in [6.45, 7) is 2.97. The second-order valence-corrected chi connectivity index (χ2v) is 2.55. The number of hydrazine groups is 1. The Hall–Kier alpha value is -1.10. The van der Waals surface area contributed by atoms with Crippen LogP contribution in [-0.4, -0.2) is 22.6 Å². The first kappa shape index (κ1) is 7.01.